The van der Waals surface area contributed by atoms with E-state index in [0.717, 1.165) is 50.9 Å². The number of nitrogens with zero attached hydrogens (tertiary/aromatic N) is 2. The van der Waals surface area contributed by atoms with Gasteiger partial charge in [-0.25, -0.2) is 0 Å². The van der Waals surface area contributed by atoms with Gasteiger partial charge in [0.15, 0.2) is 0 Å². The summed E-state index contributed by atoms with van der Waals surface area (Å²) in [4.78, 5) is 9.11. The first-order valence-electron chi connectivity index (χ1n) is 17.6. The maximum atomic E-state index is 12.8. The maximum Gasteiger partial charge on any atom is 0.121 e. The molecule has 0 atom stereocenters. The SMILES string of the molecule is CC(C)(c1ccccc1)c1cccc2oc3c[c-]c(-c4cc(Cc5ccccc5)ccn4)cc3c12.C[Si](C)(C)c1ccc(-c2[c-]cc(F)cc2)nc1.[Ir]. The fourth-order valence-corrected chi connectivity index (χ4v) is 7.61. The minimum Gasteiger partial charge on any atom is -0.500 e. The van der Waals surface area contributed by atoms with E-state index in [0.29, 0.717) is 0 Å². The number of aromatic nitrogens is 2. The van der Waals surface area contributed by atoms with Crippen molar-refractivity contribution in [2.75, 3.05) is 0 Å². The van der Waals surface area contributed by atoms with Crippen molar-refractivity contribution in [3.8, 4) is 22.5 Å². The molecule has 1 radical (unpaired) electrons. The summed E-state index contributed by atoms with van der Waals surface area (Å²) in [5.74, 6) is -0.271. The Labute approximate surface area is 326 Å². The number of hydrogen-bond acceptors (Lipinski definition) is 3. The van der Waals surface area contributed by atoms with E-state index in [-0.39, 0.29) is 31.3 Å². The third-order valence-corrected chi connectivity index (χ3v) is 11.7. The molecule has 53 heavy (non-hydrogen) atoms. The largest absolute Gasteiger partial charge is 0.500 e. The fraction of sp³-hybridized carbons (Fsp3) is 0.149. The molecular formula is C47H41FIrN2OSi-2. The number of pyridine rings is 2. The molecule has 5 aromatic carbocycles. The molecule has 8 rings (SSSR count). The minimum atomic E-state index is -1.30. The van der Waals surface area contributed by atoms with E-state index in [1.165, 1.54) is 39.6 Å². The number of rotatable bonds is 7. The second-order valence-corrected chi connectivity index (χ2v) is 19.8. The molecule has 0 unspecified atom stereocenters. The van der Waals surface area contributed by atoms with Crippen molar-refractivity contribution in [1.82, 2.24) is 9.97 Å². The van der Waals surface area contributed by atoms with E-state index in [2.05, 4.69) is 153 Å². The zero-order valence-corrected chi connectivity index (χ0v) is 34.0. The smallest absolute Gasteiger partial charge is 0.121 e. The molecule has 3 heterocycles. The first-order chi connectivity index (χ1) is 25.1. The molecule has 0 spiro atoms. The zero-order valence-electron chi connectivity index (χ0n) is 30.6. The van der Waals surface area contributed by atoms with Crippen molar-refractivity contribution in [1.29, 1.82) is 0 Å². The van der Waals surface area contributed by atoms with Crippen molar-refractivity contribution in [2.45, 2.75) is 45.3 Å². The topological polar surface area (TPSA) is 38.9 Å². The van der Waals surface area contributed by atoms with Gasteiger partial charge in [-0.15, -0.1) is 53.6 Å². The van der Waals surface area contributed by atoms with E-state index in [4.69, 9.17) is 4.42 Å². The maximum absolute atomic E-state index is 12.8. The van der Waals surface area contributed by atoms with Gasteiger partial charge < -0.3 is 14.4 Å². The van der Waals surface area contributed by atoms with Gasteiger partial charge in [-0.1, -0.05) is 130 Å². The number of halogens is 1. The Balaban J connectivity index is 0.000000226. The number of hydrogen-bond donors (Lipinski definition) is 0. The predicted molar refractivity (Wildman–Crippen MR) is 215 cm³/mol. The van der Waals surface area contributed by atoms with Crippen LogP contribution in [-0.4, -0.2) is 18.0 Å². The van der Waals surface area contributed by atoms with Crippen LogP contribution in [0.4, 0.5) is 4.39 Å². The summed E-state index contributed by atoms with van der Waals surface area (Å²) in [5, 5.41) is 3.58. The van der Waals surface area contributed by atoms with Gasteiger partial charge in [0.25, 0.3) is 0 Å². The molecule has 267 valence electrons. The van der Waals surface area contributed by atoms with Crippen LogP contribution in [0, 0.1) is 17.9 Å². The van der Waals surface area contributed by atoms with E-state index in [1.54, 1.807) is 6.07 Å². The first kappa shape index (κ1) is 37.7. The van der Waals surface area contributed by atoms with Crippen LogP contribution in [0.25, 0.3) is 44.5 Å². The number of fused-ring (bicyclic) bond motifs is 3. The van der Waals surface area contributed by atoms with Crippen LogP contribution >= 0.6 is 0 Å². The van der Waals surface area contributed by atoms with Crippen LogP contribution < -0.4 is 5.19 Å². The van der Waals surface area contributed by atoms with Gasteiger partial charge in [0.1, 0.15) is 5.58 Å². The first-order valence-corrected chi connectivity index (χ1v) is 21.1. The molecule has 0 bridgehead atoms. The quantitative estimate of drug-likeness (QED) is 0.118. The van der Waals surface area contributed by atoms with E-state index in [9.17, 15) is 4.39 Å². The summed E-state index contributed by atoms with van der Waals surface area (Å²) < 4.78 is 19.0. The molecule has 0 amide bonds. The van der Waals surface area contributed by atoms with Crippen molar-refractivity contribution in [3.05, 3.63) is 186 Å². The van der Waals surface area contributed by atoms with Crippen LogP contribution in [0.15, 0.2) is 150 Å². The average molecular weight is 889 g/mol. The standard InChI is InChI=1S/C33H26NO.C14H15FNSi.Ir/c1-33(2,26-12-7-4-8-13-26)28-14-9-15-31-32(28)27-22-25(16-17-30(27)35-31)29-21-24(18-19-34-29)20-23-10-5-3-6-11-23;1-17(2,3)13-8-9-14(16-10-13)11-4-6-12(15)7-5-11;/h3-15,17-19,21-22H,20H2,1-2H3;4,6-10H,1-3H3;/q2*-1;. The van der Waals surface area contributed by atoms with Gasteiger partial charge in [-0.05, 0) is 57.4 Å². The summed E-state index contributed by atoms with van der Waals surface area (Å²) >= 11 is 0. The van der Waals surface area contributed by atoms with Crippen LogP contribution in [-0.2, 0) is 31.9 Å². The Bertz CT molecular complexity index is 2440. The Kier molecular flexibility index (Phi) is 11.3. The summed E-state index contributed by atoms with van der Waals surface area (Å²) in [5.41, 5.74) is 10.2. The van der Waals surface area contributed by atoms with Crippen LogP contribution in [0.1, 0.15) is 36.1 Å². The van der Waals surface area contributed by atoms with Crippen LogP contribution in [0.3, 0.4) is 0 Å². The van der Waals surface area contributed by atoms with Gasteiger partial charge >= 0.3 is 0 Å². The molecule has 0 aliphatic carbocycles. The van der Waals surface area contributed by atoms with Gasteiger partial charge in [0.05, 0.1) is 13.7 Å². The number of benzene rings is 5. The third kappa shape index (κ3) is 8.47. The number of furan rings is 1. The monoisotopic (exact) mass is 889 g/mol. The van der Waals surface area contributed by atoms with Gasteiger partial charge in [0, 0.05) is 49.1 Å². The second-order valence-electron chi connectivity index (χ2n) is 14.7. The summed E-state index contributed by atoms with van der Waals surface area (Å²) in [7, 11) is -1.30. The molecule has 0 N–H and O–H groups in total. The average Bonchev–Trinajstić information content (AvgIpc) is 3.54. The molecule has 0 aliphatic rings. The Hall–Kier alpha value is -5.00. The molecule has 3 nitrogen and oxygen atoms in total. The van der Waals surface area contributed by atoms with Crippen molar-refractivity contribution >= 4 is 35.2 Å². The third-order valence-electron chi connectivity index (χ3n) is 9.63. The Morgan fingerprint density at radius 3 is 2.09 bits per heavy atom. The second kappa shape index (κ2) is 15.9. The van der Waals surface area contributed by atoms with Crippen molar-refractivity contribution in [3.63, 3.8) is 0 Å². The minimum absolute atomic E-state index is 0. The van der Waals surface area contributed by atoms with E-state index < -0.39 is 8.07 Å². The molecule has 6 heteroatoms. The molecular weight excluding hydrogens is 848 g/mol. The summed E-state index contributed by atoms with van der Waals surface area (Å²) in [6.45, 7) is 11.4. The Morgan fingerprint density at radius 2 is 1.42 bits per heavy atom. The van der Waals surface area contributed by atoms with Crippen LogP contribution in [0.5, 0.6) is 0 Å². The van der Waals surface area contributed by atoms with Crippen LogP contribution in [0.2, 0.25) is 19.6 Å². The summed E-state index contributed by atoms with van der Waals surface area (Å²) in [6, 6.07) is 50.8. The molecule has 3 aromatic heterocycles. The fourth-order valence-electron chi connectivity index (χ4n) is 6.57. The molecule has 0 saturated carbocycles. The van der Waals surface area contributed by atoms with E-state index in [1.807, 2.05) is 30.6 Å². The molecule has 0 aliphatic heterocycles. The predicted octanol–water partition coefficient (Wildman–Crippen LogP) is 11.6. The van der Waals surface area contributed by atoms with Gasteiger partial charge in [-0.3, -0.25) is 4.39 Å². The molecule has 0 saturated heterocycles. The summed E-state index contributed by atoms with van der Waals surface area (Å²) in [6.07, 6.45) is 4.70. The van der Waals surface area contributed by atoms with Gasteiger partial charge in [0.2, 0.25) is 0 Å². The van der Waals surface area contributed by atoms with Gasteiger partial charge in [-0.2, -0.15) is 0 Å². The van der Waals surface area contributed by atoms with Crippen molar-refractivity contribution < 1.29 is 28.9 Å². The van der Waals surface area contributed by atoms with Crippen molar-refractivity contribution in [2.24, 2.45) is 0 Å². The zero-order chi connectivity index (χ0) is 36.3. The molecule has 0 fully saturated rings. The Morgan fingerprint density at radius 1 is 0.679 bits per heavy atom. The normalized spacial score (nSPS) is 11.5. The van der Waals surface area contributed by atoms with E-state index >= 15 is 0 Å². The molecule has 8 aromatic rings.